The van der Waals surface area contributed by atoms with Crippen molar-refractivity contribution in [1.29, 1.82) is 0 Å². The number of nitrogens with one attached hydrogen (secondary N) is 3. The zero-order chi connectivity index (χ0) is 92.7. The average molecular weight is 1810 g/mol. The number of aliphatic imine (C=N–C) groups is 1. The van der Waals surface area contributed by atoms with Crippen LogP contribution in [0.3, 0.4) is 0 Å². The second-order valence-corrected chi connectivity index (χ2v) is 32.4. The van der Waals surface area contributed by atoms with Gasteiger partial charge in [0.2, 0.25) is 41.0 Å². The number of ether oxygens (including phenoxy) is 5. The molecule has 3 amide bonds. The lowest BCUT2D eigenvalue weighted by Crippen LogP contribution is -2.24. The van der Waals surface area contributed by atoms with Gasteiger partial charge in [0, 0.05) is 76.4 Å². The van der Waals surface area contributed by atoms with Crippen molar-refractivity contribution in [2.75, 3.05) is 90.6 Å². The molecule has 0 saturated carbocycles. The summed E-state index contributed by atoms with van der Waals surface area (Å²) >= 11 is 6.42. The fourth-order valence-electron chi connectivity index (χ4n) is 17.0. The van der Waals surface area contributed by atoms with E-state index in [1.54, 1.807) is 75.4 Å². The number of nitrogens with two attached hydrogens (primary N) is 1. The average Bonchev–Trinajstić information content (AvgIpc) is 1.63. The largest absolute Gasteiger partial charge is 0.494 e. The molecular weight excluding hydrogens is 1720 g/mol. The van der Waals surface area contributed by atoms with E-state index in [9.17, 15) is 14.4 Å². The maximum Gasteiger partial charge on any atom is 0.295 e. The highest BCUT2D eigenvalue weighted by Gasteiger charge is 2.33. The summed E-state index contributed by atoms with van der Waals surface area (Å²) in [6.07, 6.45) is 11.1. The lowest BCUT2D eigenvalue weighted by molar-refractivity contribution is -0.117. The number of aromatic nitrogens is 22. The third kappa shape index (κ3) is 19.0. The van der Waals surface area contributed by atoms with Crippen molar-refractivity contribution < 1.29 is 38.1 Å². The van der Waals surface area contributed by atoms with Crippen molar-refractivity contribution in [2.24, 2.45) is 26.1 Å². The molecule has 0 aliphatic carbocycles. The van der Waals surface area contributed by atoms with Crippen molar-refractivity contribution in [3.8, 4) is 51.4 Å². The van der Waals surface area contributed by atoms with Crippen LogP contribution in [0.1, 0.15) is 137 Å². The van der Waals surface area contributed by atoms with Gasteiger partial charge < -0.3 is 74.6 Å². The second kappa shape index (κ2) is 39.2. The van der Waals surface area contributed by atoms with Gasteiger partial charge in [-0.1, -0.05) is 49.5 Å². The summed E-state index contributed by atoms with van der Waals surface area (Å²) < 4.78 is 33.6. The van der Waals surface area contributed by atoms with Crippen molar-refractivity contribution in [3.63, 3.8) is 0 Å². The number of imidazole rings is 2. The van der Waals surface area contributed by atoms with E-state index in [-0.39, 0.29) is 47.6 Å². The molecular formula is C91H92ClN33O8. The Labute approximate surface area is 767 Å². The van der Waals surface area contributed by atoms with Crippen molar-refractivity contribution in [1.82, 2.24) is 110 Å². The van der Waals surface area contributed by atoms with E-state index in [0.717, 1.165) is 139 Å². The number of rotatable bonds is 21. The monoisotopic (exact) mass is 1810 g/mol. The summed E-state index contributed by atoms with van der Waals surface area (Å²) in [4.78, 5) is 97.9. The number of nitrogens with zero attached hydrogens (tertiary/aromatic N) is 29. The van der Waals surface area contributed by atoms with Crippen LogP contribution in [0.25, 0.3) is 71.0 Å². The molecule has 41 nitrogen and oxygen atoms in total. The first-order valence-electron chi connectivity index (χ1n) is 43.2. The Balaban J connectivity index is 0.000000130. The van der Waals surface area contributed by atoms with Gasteiger partial charge >= 0.3 is 0 Å². The molecule has 6 aliphatic heterocycles. The lowest BCUT2D eigenvalue weighted by Gasteiger charge is -2.25. The standard InChI is InChI=1S/C32H33N11O3.C28H26N10O2.C21H23ClN8O2.C10H10N4O/c1-19-34-28-24(37-23-10-7-9-22(29(23)45-4)30-38-40-41(3)39-30)18-21(36-32(28)43(19)27-12-5-6-16-46-27)17-20-13-14-25(31(33-2)35-20)42-15-8-11-26(42)44;1-16-13-21-25(30-16)22(33-20-8-5-7-19(26(20)40-4)27-34-36-37(3)35-27)15-18(31-21)14-17-10-11-23(28(29-2)32-17)38-12-6-9-24(38)39;1-12-23-18-15(11-16(22)25-21(18)30(12)17-9-4-5-10-32-17)24-14-8-6-7-13(19(14)31-3)20-26-28-29(2)27-20;1-12-10-7(4-5-8(11)13-10)14-6-2-3-9(14)15/h7,9-10,13-14,18,27H,5-6,8,11-12,15-17H2,1,3-4H3,(H,36,37);5,7-8,10-11,15H,6,9,12-14H2,1,3-4H3,(H,31,33);6-8,11,17H,4-5,9-10H2,1-3H3,(H,24,25);4-5H,2-3,6H2,(H2,11,13). The number of pyridine rings is 6. The van der Waals surface area contributed by atoms with Gasteiger partial charge in [-0.25, -0.2) is 19.9 Å². The van der Waals surface area contributed by atoms with Crippen LogP contribution in [-0.2, 0) is 64.3 Å². The lowest BCUT2D eigenvalue weighted by atomic mass is 10.1. The highest BCUT2D eigenvalue weighted by atomic mass is 35.5. The Morgan fingerprint density at radius 2 is 0.872 bits per heavy atom. The molecule has 5 saturated heterocycles. The number of para-hydroxylation sites is 3. The number of nitrogen functional groups attached to an aromatic ring is 1. The van der Waals surface area contributed by atoms with Crippen LogP contribution < -0.4 is 50.6 Å². The minimum atomic E-state index is -0.168. The van der Waals surface area contributed by atoms with Gasteiger partial charge in [-0.15, -0.1) is 45.5 Å². The minimum absolute atomic E-state index is 0.0189. The number of carbonyl (C=O) groups is 3. The summed E-state index contributed by atoms with van der Waals surface area (Å²) in [6.45, 7) is 31.6. The van der Waals surface area contributed by atoms with Crippen LogP contribution in [0.5, 0.6) is 17.2 Å². The molecule has 17 heterocycles. The van der Waals surface area contributed by atoms with Crippen LogP contribution in [0.15, 0.2) is 114 Å². The van der Waals surface area contributed by atoms with Crippen molar-refractivity contribution >= 4 is 138 Å². The Bertz CT molecular complexity index is 6990. The molecule has 133 heavy (non-hydrogen) atoms. The van der Waals surface area contributed by atoms with Crippen LogP contribution in [0.4, 0.5) is 80.1 Å². The fourth-order valence-corrected chi connectivity index (χ4v) is 17.2. The maximum absolute atomic E-state index is 12.4. The Morgan fingerprint density at radius 1 is 0.466 bits per heavy atom. The predicted molar refractivity (Wildman–Crippen MR) is 496 cm³/mol. The Morgan fingerprint density at radius 3 is 1.27 bits per heavy atom. The zero-order valence-electron chi connectivity index (χ0n) is 74.4. The smallest absolute Gasteiger partial charge is 0.295 e. The number of halogens is 1. The van der Waals surface area contributed by atoms with Gasteiger partial charge in [0.1, 0.15) is 57.4 Å². The molecule has 6 aliphatic rings. The number of amides is 3. The molecule has 0 radical (unpaired) electrons. The summed E-state index contributed by atoms with van der Waals surface area (Å²) in [6, 6.07) is 33.4. The van der Waals surface area contributed by atoms with Crippen LogP contribution in [-0.4, -0.2) is 187 Å². The van der Waals surface area contributed by atoms with Crippen LogP contribution in [0.2, 0.25) is 5.15 Å². The number of methoxy groups -OCH3 is 3. The fraction of sp³-hybridized carbons (Fsp3) is 0.341. The van der Waals surface area contributed by atoms with Crippen molar-refractivity contribution in [2.45, 2.75) is 130 Å². The number of hydrogen-bond acceptors (Lipinski definition) is 30. The molecule has 2 unspecified atom stereocenters. The molecule has 676 valence electrons. The number of tetrazole rings is 3. The Kier molecular flexibility index (Phi) is 26.2. The molecule has 11 aromatic heterocycles. The van der Waals surface area contributed by atoms with E-state index in [4.69, 9.17) is 85.7 Å². The van der Waals surface area contributed by atoms with Gasteiger partial charge in [-0.2, -0.15) is 14.4 Å². The van der Waals surface area contributed by atoms with Gasteiger partial charge in [0.05, 0.1) is 140 Å². The second-order valence-electron chi connectivity index (χ2n) is 32.0. The molecule has 42 heteroatoms. The highest BCUT2D eigenvalue weighted by molar-refractivity contribution is 6.30. The highest BCUT2D eigenvalue weighted by Crippen LogP contribution is 2.46. The van der Waals surface area contributed by atoms with Crippen LogP contribution in [0, 0.1) is 33.6 Å². The van der Waals surface area contributed by atoms with Gasteiger partial charge in [-0.05, 0) is 173 Å². The summed E-state index contributed by atoms with van der Waals surface area (Å²) in [5.41, 5.74) is 22.0. The van der Waals surface area contributed by atoms with E-state index in [1.165, 1.54) is 14.4 Å². The summed E-state index contributed by atoms with van der Waals surface area (Å²) in [7, 11) is 9.95. The third-order valence-electron chi connectivity index (χ3n) is 23.0. The molecule has 14 aromatic rings. The number of hydrogen-bond donors (Lipinski definition) is 4. The molecule has 2 atom stereocenters. The van der Waals surface area contributed by atoms with Gasteiger partial charge in [0.25, 0.3) is 17.5 Å². The SMILES string of the molecule is COc1c(Nc2cc(Cl)nc3c2nc(C)n3C2CCCCO2)cccc1-c1nnn(C)n1.[C-]#[N+]c1nc(Cc2cc(Nc3cccc(-c4nnn(C)n4)c3OC)c3c(n2)CC(C)=N3)ccc1N1CCCC1=O.[C-]#[N+]c1nc(Cc2cc(Nc3cccc(-c4nnn(C)n4)c3OC)c3nc(C)n(C4CCCCO4)c3n2)ccc1N1CCCC1=O.[C-]#[N+]c1nc(N)ccc1N1CCCC1=O. The van der Waals surface area contributed by atoms with Crippen LogP contribution >= 0.6 is 11.6 Å². The number of anilines is 10. The first kappa shape index (κ1) is 89.1. The van der Waals surface area contributed by atoms with Gasteiger partial charge in [0.15, 0.2) is 28.5 Å². The van der Waals surface area contributed by atoms with E-state index >= 15 is 0 Å². The normalized spacial score (nSPS) is 15.7. The van der Waals surface area contributed by atoms with Crippen molar-refractivity contribution in [3.05, 3.63) is 189 Å². The first-order chi connectivity index (χ1) is 64.6. The minimum Gasteiger partial charge on any atom is -0.494 e. The number of benzene rings is 3. The maximum atomic E-state index is 12.4. The van der Waals surface area contributed by atoms with E-state index in [1.807, 2.05) is 116 Å². The topological polar surface area (TPSA) is 438 Å². The van der Waals surface area contributed by atoms with E-state index < -0.39 is 0 Å². The molecule has 5 N–H and O–H groups in total. The van der Waals surface area contributed by atoms with E-state index in [0.29, 0.717) is 178 Å². The zero-order valence-corrected chi connectivity index (χ0v) is 75.1. The third-order valence-corrected chi connectivity index (χ3v) is 23.1. The first-order valence-corrected chi connectivity index (χ1v) is 43.6. The summed E-state index contributed by atoms with van der Waals surface area (Å²) in [5.74, 6) is 5.76. The number of carbonyl (C=O) groups excluding carboxylic acids is 3. The summed E-state index contributed by atoms with van der Waals surface area (Å²) in [5, 5.41) is 48.1. The van der Waals surface area contributed by atoms with Gasteiger partial charge in [-0.3, -0.25) is 33.5 Å². The Hall–Kier alpha value is -15.9. The molecule has 0 bridgehead atoms. The molecule has 20 rings (SSSR count). The number of aryl methyl sites for hydroxylation is 5. The quantitative estimate of drug-likeness (QED) is 0.0383. The molecule has 3 aromatic carbocycles. The molecule has 5 fully saturated rings. The van der Waals surface area contributed by atoms with E-state index in [2.05, 4.69) is 101 Å². The predicted octanol–water partition coefficient (Wildman–Crippen LogP) is 14.8. The number of fused-ring (bicyclic) bond motifs is 3. The molecule has 0 spiro atoms.